The molecule has 0 atom stereocenters. The summed E-state index contributed by atoms with van der Waals surface area (Å²) >= 11 is 0. The fourth-order valence-electron chi connectivity index (χ4n) is 0.908. The van der Waals surface area contributed by atoms with Gasteiger partial charge in [-0.05, 0) is 10.9 Å². The van der Waals surface area contributed by atoms with Crippen LogP contribution in [0.25, 0.3) is 0 Å². The largest absolute Gasteiger partial charge is 0.222 e. The molecule has 0 fully saturated rings. The Hall–Kier alpha value is -0.300. The highest BCUT2D eigenvalue weighted by Crippen LogP contribution is 2.03. The van der Waals surface area contributed by atoms with E-state index in [0.29, 0.717) is 10.9 Å². The maximum Gasteiger partial charge on any atom is 0.132 e. The molecule has 0 heterocycles. The summed E-state index contributed by atoms with van der Waals surface area (Å²) in [6, 6.07) is 10.6. The standard InChI is InChI=1S/C9H13S.ClHO4/c1-10(2)8-9-6-4-3-5-7-9;2-1(3,4)5/h3-7H,8H2,1-2H3;(H,2,3,4,5)/q+1;/p-1. The van der Waals surface area contributed by atoms with Crippen molar-refractivity contribution in [2.24, 2.45) is 0 Å². The summed E-state index contributed by atoms with van der Waals surface area (Å²) in [6.07, 6.45) is 4.54. The lowest BCUT2D eigenvalue weighted by molar-refractivity contribution is -2.00. The van der Waals surface area contributed by atoms with Crippen LogP contribution in [-0.2, 0) is 16.6 Å². The van der Waals surface area contributed by atoms with Crippen molar-refractivity contribution in [3.05, 3.63) is 35.9 Å². The molecule has 0 radical (unpaired) electrons. The van der Waals surface area contributed by atoms with E-state index in [0.717, 1.165) is 0 Å². The van der Waals surface area contributed by atoms with Crippen molar-refractivity contribution in [3.63, 3.8) is 0 Å². The van der Waals surface area contributed by atoms with Crippen molar-refractivity contribution >= 4 is 10.9 Å². The van der Waals surface area contributed by atoms with E-state index in [1.807, 2.05) is 0 Å². The summed E-state index contributed by atoms with van der Waals surface area (Å²) in [5.41, 5.74) is 1.45. The second kappa shape index (κ2) is 7.05. The molecule has 4 nitrogen and oxygen atoms in total. The van der Waals surface area contributed by atoms with Gasteiger partial charge in [0, 0.05) is 5.56 Å². The molecule has 0 spiro atoms. The first kappa shape index (κ1) is 14.7. The third-order valence-electron chi connectivity index (χ3n) is 1.30. The van der Waals surface area contributed by atoms with Gasteiger partial charge < -0.3 is 0 Å². The van der Waals surface area contributed by atoms with E-state index in [4.69, 9.17) is 18.6 Å². The second-order valence-corrected chi connectivity index (χ2v) is 6.01. The van der Waals surface area contributed by atoms with Crippen LogP contribution in [0, 0.1) is 10.2 Å². The molecule has 0 saturated carbocycles. The summed E-state index contributed by atoms with van der Waals surface area (Å²) in [5, 5.41) is 0. The Bertz CT molecular complexity index is 255. The van der Waals surface area contributed by atoms with E-state index in [9.17, 15) is 0 Å². The molecule has 1 aromatic carbocycles. The first-order valence-electron chi connectivity index (χ1n) is 3.99. The van der Waals surface area contributed by atoms with E-state index in [2.05, 4.69) is 42.8 Å². The normalized spacial score (nSPS) is 10.9. The van der Waals surface area contributed by atoms with E-state index in [-0.39, 0.29) is 0 Å². The maximum absolute atomic E-state index is 8.49. The van der Waals surface area contributed by atoms with Crippen LogP contribution < -0.4 is 18.6 Å². The van der Waals surface area contributed by atoms with Crippen LogP contribution in [0.5, 0.6) is 0 Å². The number of hydrogen-bond donors (Lipinski definition) is 0. The lowest BCUT2D eigenvalue weighted by Gasteiger charge is -2.17. The number of hydrogen-bond acceptors (Lipinski definition) is 4. The predicted molar refractivity (Wildman–Crippen MR) is 49.4 cm³/mol. The lowest BCUT2D eigenvalue weighted by atomic mass is 10.2. The third kappa shape index (κ3) is 13.7. The molecule has 0 N–H and O–H groups in total. The van der Waals surface area contributed by atoms with Crippen molar-refractivity contribution < 1.29 is 28.9 Å². The zero-order valence-electron chi connectivity index (χ0n) is 8.51. The Kier molecular flexibility index (Phi) is 6.91. The van der Waals surface area contributed by atoms with Crippen LogP contribution >= 0.6 is 0 Å². The minimum absolute atomic E-state index is 0.533. The van der Waals surface area contributed by atoms with Gasteiger partial charge in [-0.3, -0.25) is 0 Å². The molecule has 0 aliphatic carbocycles. The fourth-order valence-corrected chi connectivity index (χ4v) is 1.77. The van der Waals surface area contributed by atoms with Crippen LogP contribution in [-0.4, -0.2) is 12.5 Å². The smallest absolute Gasteiger partial charge is 0.132 e. The molecule has 1 aromatic rings. The lowest BCUT2D eigenvalue weighted by Crippen LogP contribution is -2.68. The molecule has 0 aliphatic rings. The summed E-state index contributed by atoms with van der Waals surface area (Å²) in [7, 11) is -4.41. The van der Waals surface area contributed by atoms with Crippen LogP contribution in [0.2, 0.25) is 0 Å². The Balaban J connectivity index is 0.000000336. The van der Waals surface area contributed by atoms with Crippen LogP contribution in [0.4, 0.5) is 0 Å². The quantitative estimate of drug-likeness (QED) is 0.536. The van der Waals surface area contributed by atoms with Gasteiger partial charge in [0.15, 0.2) is 0 Å². The minimum Gasteiger partial charge on any atom is -0.222 e. The van der Waals surface area contributed by atoms with Gasteiger partial charge in [-0.15, -0.1) is 10.2 Å². The highest BCUT2D eigenvalue weighted by molar-refractivity contribution is 7.94. The topological polar surface area (TPSA) is 92.2 Å². The average molecular weight is 253 g/mol. The maximum atomic E-state index is 8.49. The summed E-state index contributed by atoms with van der Waals surface area (Å²) in [5.74, 6) is 1.22. The Morgan fingerprint density at radius 3 is 1.73 bits per heavy atom. The summed E-state index contributed by atoms with van der Waals surface area (Å²) < 4.78 is 34.0. The molecule has 0 aliphatic heterocycles. The predicted octanol–water partition coefficient (Wildman–Crippen LogP) is -2.69. The molecule has 0 amide bonds. The molecule has 15 heavy (non-hydrogen) atoms. The van der Waals surface area contributed by atoms with Crippen molar-refractivity contribution in [2.45, 2.75) is 5.75 Å². The molecule has 1 rings (SSSR count). The van der Waals surface area contributed by atoms with Gasteiger partial charge >= 0.3 is 0 Å². The van der Waals surface area contributed by atoms with Gasteiger partial charge in [0.1, 0.15) is 5.75 Å². The molecule has 0 bridgehead atoms. The summed E-state index contributed by atoms with van der Waals surface area (Å²) in [4.78, 5) is 0. The Labute approximate surface area is 94.3 Å². The van der Waals surface area contributed by atoms with Gasteiger partial charge in [-0.25, -0.2) is 18.6 Å². The van der Waals surface area contributed by atoms with E-state index in [1.54, 1.807) is 0 Å². The molecule has 6 heteroatoms. The first-order valence-corrected chi connectivity index (χ1v) is 7.43. The Morgan fingerprint density at radius 2 is 1.40 bits per heavy atom. The average Bonchev–Trinajstić information content (AvgIpc) is 2.01. The third-order valence-corrected chi connectivity index (χ3v) is 2.21. The van der Waals surface area contributed by atoms with Crippen LogP contribution in [0.3, 0.4) is 0 Å². The fraction of sp³-hybridized carbons (Fsp3) is 0.333. The van der Waals surface area contributed by atoms with Gasteiger partial charge in [0.05, 0.1) is 12.5 Å². The van der Waals surface area contributed by atoms with Crippen molar-refractivity contribution in [3.8, 4) is 0 Å². The van der Waals surface area contributed by atoms with Gasteiger partial charge in [-0.1, -0.05) is 30.3 Å². The zero-order chi connectivity index (χ0) is 11.9. The van der Waals surface area contributed by atoms with Crippen LogP contribution in [0.15, 0.2) is 30.3 Å². The number of rotatable bonds is 2. The van der Waals surface area contributed by atoms with Crippen molar-refractivity contribution in [1.29, 1.82) is 0 Å². The van der Waals surface area contributed by atoms with Crippen molar-refractivity contribution in [2.75, 3.05) is 12.5 Å². The SMILES string of the molecule is C[S+](C)Cc1ccccc1.[O-][Cl+3]([O-])([O-])[O-]. The van der Waals surface area contributed by atoms with E-state index < -0.39 is 10.2 Å². The monoisotopic (exact) mass is 252 g/mol. The number of halogens is 1. The van der Waals surface area contributed by atoms with Crippen molar-refractivity contribution in [1.82, 2.24) is 0 Å². The molecule has 0 aromatic heterocycles. The van der Waals surface area contributed by atoms with E-state index in [1.165, 1.54) is 11.3 Å². The van der Waals surface area contributed by atoms with Gasteiger partial charge in [0.25, 0.3) is 0 Å². The second-order valence-electron chi connectivity index (χ2n) is 2.99. The molecule has 86 valence electrons. The van der Waals surface area contributed by atoms with Crippen LogP contribution in [0.1, 0.15) is 5.56 Å². The van der Waals surface area contributed by atoms with E-state index >= 15 is 0 Å². The van der Waals surface area contributed by atoms with Gasteiger partial charge in [-0.2, -0.15) is 0 Å². The Morgan fingerprint density at radius 1 is 1.00 bits per heavy atom. The first-order chi connectivity index (χ1) is 6.79. The highest BCUT2D eigenvalue weighted by atomic mass is 35.7. The minimum atomic E-state index is -4.94. The zero-order valence-corrected chi connectivity index (χ0v) is 10.1. The van der Waals surface area contributed by atoms with Gasteiger partial charge in [0.2, 0.25) is 0 Å². The number of benzene rings is 1. The molecular weight excluding hydrogens is 240 g/mol. The molecular formula is C9H13ClO4S. The highest BCUT2D eigenvalue weighted by Gasteiger charge is 2.01. The molecule has 0 unspecified atom stereocenters. The summed E-state index contributed by atoms with van der Waals surface area (Å²) in [6.45, 7) is 0. The molecule has 0 saturated heterocycles.